The Labute approximate surface area is 90.2 Å². The van der Waals surface area contributed by atoms with E-state index in [1.165, 1.54) is 0 Å². The highest BCUT2D eigenvalue weighted by Gasteiger charge is 2.23. The molecule has 0 saturated carbocycles. The molecule has 1 saturated heterocycles. The van der Waals surface area contributed by atoms with Crippen LogP contribution in [0.2, 0.25) is 0 Å². The molecule has 4 heteroatoms. The third-order valence-electron chi connectivity index (χ3n) is 2.07. The maximum absolute atomic E-state index is 11.0. The van der Waals surface area contributed by atoms with Crippen LogP contribution in [0.4, 0.5) is 0 Å². The summed E-state index contributed by atoms with van der Waals surface area (Å²) in [6.45, 7) is 8.90. The molecule has 0 spiro atoms. The summed E-state index contributed by atoms with van der Waals surface area (Å²) < 4.78 is 15.4. The van der Waals surface area contributed by atoms with Gasteiger partial charge < -0.3 is 14.2 Å². The van der Waals surface area contributed by atoms with Crippen molar-refractivity contribution in [2.75, 3.05) is 19.8 Å². The van der Waals surface area contributed by atoms with E-state index in [-0.39, 0.29) is 18.2 Å². The predicted molar refractivity (Wildman–Crippen MR) is 55.5 cm³/mol. The Morgan fingerprint density at radius 2 is 2.33 bits per heavy atom. The first-order chi connectivity index (χ1) is 7.09. The fraction of sp³-hybridized carbons (Fsp3) is 0.727. The monoisotopic (exact) mass is 214 g/mol. The van der Waals surface area contributed by atoms with Gasteiger partial charge in [-0.25, -0.2) is 4.79 Å². The van der Waals surface area contributed by atoms with Gasteiger partial charge in [-0.05, 0) is 13.8 Å². The van der Waals surface area contributed by atoms with Crippen LogP contribution < -0.4 is 0 Å². The average molecular weight is 214 g/mol. The molecule has 0 amide bonds. The van der Waals surface area contributed by atoms with Gasteiger partial charge in [-0.3, -0.25) is 0 Å². The molecule has 0 aromatic rings. The highest BCUT2D eigenvalue weighted by molar-refractivity contribution is 5.86. The number of carbonyl (C=O) groups excluding carboxylic acids is 1. The first-order valence-corrected chi connectivity index (χ1v) is 5.15. The second-order valence-corrected chi connectivity index (χ2v) is 3.80. The lowest BCUT2D eigenvalue weighted by molar-refractivity contribution is -0.139. The maximum Gasteiger partial charge on any atom is 0.333 e. The molecule has 86 valence electrons. The predicted octanol–water partition coefficient (Wildman–Crippen LogP) is 1.30. The number of epoxide rings is 1. The van der Waals surface area contributed by atoms with Crippen molar-refractivity contribution < 1.29 is 19.0 Å². The molecule has 0 radical (unpaired) electrons. The highest BCUT2D eigenvalue weighted by atomic mass is 16.6. The number of rotatable bonds is 7. The Morgan fingerprint density at radius 1 is 1.67 bits per heavy atom. The van der Waals surface area contributed by atoms with E-state index in [0.717, 1.165) is 6.61 Å². The standard InChI is InChI=1S/C11H18O4/c1-8(2)11(12)13-5-4-9(3)14-6-10-7-15-10/h9-10H,1,4-7H2,2-3H3. The molecule has 0 N–H and O–H groups in total. The van der Waals surface area contributed by atoms with Crippen molar-refractivity contribution in [3.05, 3.63) is 12.2 Å². The van der Waals surface area contributed by atoms with Crippen molar-refractivity contribution in [3.63, 3.8) is 0 Å². The maximum atomic E-state index is 11.0. The van der Waals surface area contributed by atoms with Crippen molar-refractivity contribution in [3.8, 4) is 0 Å². The van der Waals surface area contributed by atoms with Crippen LogP contribution in [-0.2, 0) is 19.0 Å². The van der Waals surface area contributed by atoms with Gasteiger partial charge in [0.05, 0.1) is 25.9 Å². The van der Waals surface area contributed by atoms with Crippen LogP contribution in [0.1, 0.15) is 20.3 Å². The SMILES string of the molecule is C=C(C)C(=O)OCCC(C)OCC1CO1. The summed E-state index contributed by atoms with van der Waals surface area (Å²) in [5, 5.41) is 0. The summed E-state index contributed by atoms with van der Waals surface area (Å²) in [6, 6.07) is 0. The molecule has 15 heavy (non-hydrogen) atoms. The Kier molecular flexibility index (Phi) is 4.78. The van der Waals surface area contributed by atoms with Gasteiger partial charge in [0.15, 0.2) is 0 Å². The van der Waals surface area contributed by atoms with Gasteiger partial charge in [-0.15, -0.1) is 0 Å². The Bertz CT molecular complexity index is 233. The molecule has 0 aliphatic carbocycles. The zero-order valence-corrected chi connectivity index (χ0v) is 9.32. The molecule has 4 nitrogen and oxygen atoms in total. The molecule has 1 rings (SSSR count). The van der Waals surface area contributed by atoms with E-state index >= 15 is 0 Å². The molecule has 2 atom stereocenters. The van der Waals surface area contributed by atoms with E-state index in [1.54, 1.807) is 6.92 Å². The zero-order valence-electron chi connectivity index (χ0n) is 9.32. The molecule has 1 heterocycles. The van der Waals surface area contributed by atoms with Crippen LogP contribution >= 0.6 is 0 Å². The summed E-state index contributed by atoms with van der Waals surface area (Å²) in [5.74, 6) is -0.340. The molecular weight excluding hydrogens is 196 g/mol. The van der Waals surface area contributed by atoms with Crippen LogP contribution in [0.25, 0.3) is 0 Å². The molecule has 0 bridgehead atoms. The van der Waals surface area contributed by atoms with Crippen LogP contribution in [0.5, 0.6) is 0 Å². The average Bonchev–Trinajstić information content (AvgIpc) is 2.97. The minimum atomic E-state index is -0.340. The summed E-state index contributed by atoms with van der Waals surface area (Å²) in [5.41, 5.74) is 0.426. The Morgan fingerprint density at radius 3 is 2.87 bits per heavy atom. The smallest absolute Gasteiger partial charge is 0.333 e. The molecule has 1 fully saturated rings. The summed E-state index contributed by atoms with van der Waals surface area (Å²) in [4.78, 5) is 11.0. The Balaban J connectivity index is 1.97. The van der Waals surface area contributed by atoms with Gasteiger partial charge in [0.2, 0.25) is 0 Å². The van der Waals surface area contributed by atoms with Crippen LogP contribution in [-0.4, -0.2) is 38.0 Å². The molecule has 0 aromatic heterocycles. The van der Waals surface area contributed by atoms with Gasteiger partial charge in [0.25, 0.3) is 0 Å². The molecule has 1 aliphatic heterocycles. The number of ether oxygens (including phenoxy) is 3. The number of hydrogen-bond donors (Lipinski definition) is 0. The normalized spacial score (nSPS) is 20.8. The largest absolute Gasteiger partial charge is 0.462 e. The topological polar surface area (TPSA) is 48.1 Å². The lowest BCUT2D eigenvalue weighted by Gasteiger charge is -2.12. The quantitative estimate of drug-likeness (QED) is 0.364. The van der Waals surface area contributed by atoms with Crippen molar-refractivity contribution in [1.82, 2.24) is 0 Å². The van der Waals surface area contributed by atoms with Crippen molar-refractivity contribution in [1.29, 1.82) is 0 Å². The lowest BCUT2D eigenvalue weighted by Crippen LogP contribution is -2.16. The van der Waals surface area contributed by atoms with E-state index in [9.17, 15) is 4.79 Å². The van der Waals surface area contributed by atoms with Crippen LogP contribution in [0.3, 0.4) is 0 Å². The first-order valence-electron chi connectivity index (χ1n) is 5.15. The second kappa shape index (κ2) is 5.88. The van der Waals surface area contributed by atoms with Crippen molar-refractivity contribution in [2.45, 2.75) is 32.5 Å². The third kappa shape index (κ3) is 5.54. The van der Waals surface area contributed by atoms with E-state index in [4.69, 9.17) is 14.2 Å². The zero-order chi connectivity index (χ0) is 11.3. The number of carbonyl (C=O) groups is 1. The van der Waals surface area contributed by atoms with Crippen molar-refractivity contribution in [2.24, 2.45) is 0 Å². The first kappa shape index (κ1) is 12.2. The van der Waals surface area contributed by atoms with Gasteiger partial charge in [0.1, 0.15) is 6.10 Å². The highest BCUT2D eigenvalue weighted by Crippen LogP contribution is 2.10. The van der Waals surface area contributed by atoms with Crippen LogP contribution in [0, 0.1) is 0 Å². The van der Waals surface area contributed by atoms with E-state index in [0.29, 0.717) is 25.2 Å². The minimum Gasteiger partial charge on any atom is -0.462 e. The summed E-state index contributed by atoms with van der Waals surface area (Å²) in [7, 11) is 0. The Hall–Kier alpha value is -0.870. The lowest BCUT2D eigenvalue weighted by atomic mass is 10.3. The van der Waals surface area contributed by atoms with Crippen LogP contribution in [0.15, 0.2) is 12.2 Å². The third-order valence-corrected chi connectivity index (χ3v) is 2.07. The molecule has 2 unspecified atom stereocenters. The minimum absolute atomic E-state index is 0.0899. The van der Waals surface area contributed by atoms with Gasteiger partial charge in [-0.1, -0.05) is 6.58 Å². The molecular formula is C11H18O4. The van der Waals surface area contributed by atoms with E-state index in [1.807, 2.05) is 6.92 Å². The number of esters is 1. The fourth-order valence-corrected chi connectivity index (χ4v) is 0.960. The summed E-state index contributed by atoms with van der Waals surface area (Å²) >= 11 is 0. The fourth-order valence-electron chi connectivity index (χ4n) is 0.960. The van der Waals surface area contributed by atoms with Gasteiger partial charge in [-0.2, -0.15) is 0 Å². The second-order valence-electron chi connectivity index (χ2n) is 3.80. The molecule has 0 aromatic carbocycles. The summed E-state index contributed by atoms with van der Waals surface area (Å²) in [6.07, 6.45) is 1.07. The van der Waals surface area contributed by atoms with E-state index in [2.05, 4.69) is 6.58 Å². The molecule has 1 aliphatic rings. The van der Waals surface area contributed by atoms with Gasteiger partial charge >= 0.3 is 5.97 Å². The van der Waals surface area contributed by atoms with E-state index < -0.39 is 0 Å². The number of hydrogen-bond acceptors (Lipinski definition) is 4. The van der Waals surface area contributed by atoms with Crippen molar-refractivity contribution >= 4 is 5.97 Å². The van der Waals surface area contributed by atoms with Gasteiger partial charge in [0, 0.05) is 12.0 Å².